The largest absolute Gasteiger partial charge is 0.297 e. The molecule has 0 aromatic carbocycles. The molecular formula is C5H7NO. The van der Waals surface area contributed by atoms with Crippen molar-refractivity contribution in [3.05, 3.63) is 12.3 Å². The Labute approximate surface area is 42.6 Å². The number of aliphatic imine (C=N–C) groups is 1. The van der Waals surface area contributed by atoms with Gasteiger partial charge >= 0.3 is 0 Å². The molecule has 2 nitrogen and oxygen atoms in total. The van der Waals surface area contributed by atoms with Gasteiger partial charge in [0.1, 0.15) is 0 Å². The number of carbonyl (C=O) groups is 1. The van der Waals surface area contributed by atoms with E-state index in [2.05, 4.69) is 4.99 Å². The van der Waals surface area contributed by atoms with E-state index in [0.717, 1.165) is 0 Å². The molecule has 0 bridgehead atoms. The van der Waals surface area contributed by atoms with E-state index in [1.807, 2.05) is 6.92 Å². The van der Waals surface area contributed by atoms with Crippen molar-refractivity contribution in [2.24, 2.45) is 4.99 Å². The van der Waals surface area contributed by atoms with E-state index in [1.165, 1.54) is 6.21 Å². The first kappa shape index (κ1) is 6.08. The minimum Gasteiger partial charge on any atom is -0.297 e. The van der Waals surface area contributed by atoms with E-state index < -0.39 is 0 Å². The van der Waals surface area contributed by atoms with Gasteiger partial charge in [-0.25, -0.2) is 0 Å². The molecule has 0 spiro atoms. The highest BCUT2D eigenvalue weighted by molar-refractivity contribution is 6.13. The van der Waals surface area contributed by atoms with Crippen LogP contribution >= 0.6 is 0 Å². The Bertz CT molecular complexity index is 94.3. The van der Waals surface area contributed by atoms with Gasteiger partial charge in [0.15, 0.2) is 6.29 Å². The molecule has 0 rings (SSSR count). The van der Waals surface area contributed by atoms with Crippen LogP contribution in [-0.4, -0.2) is 12.5 Å². The fraction of sp³-hybridized carbons (Fsp3) is 0.200. The molecule has 0 aromatic rings. The molecular weight excluding hydrogens is 90.1 g/mol. The van der Waals surface area contributed by atoms with Crippen molar-refractivity contribution >= 4 is 12.5 Å². The van der Waals surface area contributed by atoms with Gasteiger partial charge in [0.25, 0.3) is 0 Å². The summed E-state index contributed by atoms with van der Waals surface area (Å²) >= 11 is 0. The average molecular weight is 97.1 g/mol. The molecule has 7 heavy (non-hydrogen) atoms. The Morgan fingerprint density at radius 3 is 2.71 bits per heavy atom. The Morgan fingerprint density at radius 1 is 1.57 bits per heavy atom. The number of allylic oxidation sites excluding steroid dienone is 1. The summed E-state index contributed by atoms with van der Waals surface area (Å²) in [5.74, 6) is 0. The van der Waals surface area contributed by atoms with Crippen LogP contribution in [0.25, 0.3) is 0 Å². The second-order valence-corrected chi connectivity index (χ2v) is 0.917. The fourth-order valence-corrected chi connectivity index (χ4v) is 0.171. The van der Waals surface area contributed by atoms with Crippen molar-refractivity contribution in [1.82, 2.24) is 0 Å². The summed E-state index contributed by atoms with van der Waals surface area (Å²) in [6.45, 7) is 1.84. The van der Waals surface area contributed by atoms with Crippen LogP contribution in [0, 0.1) is 0 Å². The molecule has 0 radical (unpaired) electrons. The summed E-state index contributed by atoms with van der Waals surface area (Å²) in [6, 6.07) is 0. The molecule has 2 heteroatoms. The number of aldehydes is 1. The number of rotatable bonds is 2. The first-order chi connectivity index (χ1) is 3.41. The molecule has 0 fully saturated rings. The predicted octanol–water partition coefficient (Wildman–Crippen LogP) is 0.790. The summed E-state index contributed by atoms with van der Waals surface area (Å²) < 4.78 is 0. The van der Waals surface area contributed by atoms with Gasteiger partial charge in [-0.1, -0.05) is 6.08 Å². The smallest absolute Gasteiger partial charge is 0.161 e. The maximum atomic E-state index is 9.50. The minimum atomic E-state index is 0.639. The van der Waals surface area contributed by atoms with Crippen LogP contribution in [-0.2, 0) is 4.79 Å². The maximum Gasteiger partial charge on any atom is 0.161 e. The van der Waals surface area contributed by atoms with Crippen LogP contribution < -0.4 is 0 Å². The van der Waals surface area contributed by atoms with E-state index in [-0.39, 0.29) is 0 Å². The monoisotopic (exact) mass is 97.1 g/mol. The Kier molecular flexibility index (Phi) is 4.41. The highest BCUT2D eigenvalue weighted by atomic mass is 16.1. The lowest BCUT2D eigenvalue weighted by atomic mass is 10.7. The van der Waals surface area contributed by atoms with Crippen LogP contribution in [0.4, 0.5) is 0 Å². The van der Waals surface area contributed by atoms with E-state index in [4.69, 9.17) is 0 Å². The first-order valence-electron chi connectivity index (χ1n) is 2.00. The normalized spacial score (nSPS) is 11.0. The number of carbonyl (C=O) groups excluding carboxylic acids is 1. The van der Waals surface area contributed by atoms with E-state index in [0.29, 0.717) is 6.29 Å². The molecule has 0 aliphatic carbocycles. The van der Waals surface area contributed by atoms with Crippen LogP contribution in [0.2, 0.25) is 0 Å². The fourth-order valence-electron chi connectivity index (χ4n) is 0.171. The van der Waals surface area contributed by atoms with Gasteiger partial charge in [0, 0.05) is 6.20 Å². The highest BCUT2D eigenvalue weighted by Gasteiger charge is 1.56. The van der Waals surface area contributed by atoms with Gasteiger partial charge in [0.05, 0.1) is 6.21 Å². The quantitative estimate of drug-likeness (QED) is 0.370. The molecule has 0 aromatic heterocycles. The number of hydrogen-bond donors (Lipinski definition) is 0. The zero-order chi connectivity index (χ0) is 5.54. The molecule has 0 aliphatic heterocycles. The Balaban J connectivity index is 3.27. The lowest BCUT2D eigenvalue weighted by molar-refractivity contribution is -0.102. The molecule has 0 atom stereocenters. The second-order valence-electron chi connectivity index (χ2n) is 0.917. The van der Waals surface area contributed by atoms with E-state index >= 15 is 0 Å². The van der Waals surface area contributed by atoms with Crippen LogP contribution in [0.15, 0.2) is 17.3 Å². The Hall–Kier alpha value is -0.920. The van der Waals surface area contributed by atoms with Crippen LogP contribution in [0.5, 0.6) is 0 Å². The first-order valence-corrected chi connectivity index (χ1v) is 2.00. The minimum absolute atomic E-state index is 0.639. The SMILES string of the molecule is C/C=C\N=CC=O. The summed E-state index contributed by atoms with van der Waals surface area (Å²) in [4.78, 5) is 13.0. The van der Waals surface area contributed by atoms with E-state index in [9.17, 15) is 4.79 Å². The van der Waals surface area contributed by atoms with Crippen molar-refractivity contribution in [3.63, 3.8) is 0 Å². The predicted molar refractivity (Wildman–Crippen MR) is 29.4 cm³/mol. The molecule has 0 N–H and O–H groups in total. The molecule has 0 unspecified atom stereocenters. The van der Waals surface area contributed by atoms with Crippen molar-refractivity contribution in [3.8, 4) is 0 Å². The van der Waals surface area contributed by atoms with Crippen LogP contribution in [0.1, 0.15) is 6.92 Å². The van der Waals surface area contributed by atoms with Gasteiger partial charge in [-0.2, -0.15) is 0 Å². The molecule has 38 valence electrons. The Morgan fingerprint density at radius 2 is 2.29 bits per heavy atom. The number of hydrogen-bond acceptors (Lipinski definition) is 2. The lowest BCUT2D eigenvalue weighted by Gasteiger charge is -1.64. The standard InChI is InChI=1S/C5H7NO/c1-2-3-6-4-5-7/h2-5H,1H3/b3-2-,6-4?. The summed E-state index contributed by atoms with van der Waals surface area (Å²) in [5, 5.41) is 0. The third kappa shape index (κ3) is 5.08. The van der Waals surface area contributed by atoms with E-state index in [1.54, 1.807) is 12.3 Å². The van der Waals surface area contributed by atoms with Gasteiger partial charge in [0.2, 0.25) is 0 Å². The third-order valence-corrected chi connectivity index (χ3v) is 0.382. The summed E-state index contributed by atoms with van der Waals surface area (Å²) in [6.07, 6.45) is 5.13. The van der Waals surface area contributed by atoms with Crippen LogP contribution in [0.3, 0.4) is 0 Å². The summed E-state index contributed by atoms with van der Waals surface area (Å²) in [7, 11) is 0. The molecule has 0 saturated carbocycles. The van der Waals surface area contributed by atoms with Gasteiger partial charge in [-0.05, 0) is 6.92 Å². The van der Waals surface area contributed by atoms with Crippen molar-refractivity contribution in [1.29, 1.82) is 0 Å². The maximum absolute atomic E-state index is 9.50. The van der Waals surface area contributed by atoms with Crippen molar-refractivity contribution in [2.75, 3.05) is 0 Å². The molecule has 0 heterocycles. The molecule has 0 amide bonds. The van der Waals surface area contributed by atoms with Crippen molar-refractivity contribution in [2.45, 2.75) is 6.92 Å². The second kappa shape index (κ2) is 5.08. The third-order valence-electron chi connectivity index (χ3n) is 0.382. The average Bonchev–Trinajstić information content (AvgIpc) is 1.69. The molecule has 0 aliphatic rings. The van der Waals surface area contributed by atoms with Crippen molar-refractivity contribution < 1.29 is 4.79 Å². The number of nitrogens with zero attached hydrogens (tertiary/aromatic N) is 1. The van der Waals surface area contributed by atoms with Gasteiger partial charge < -0.3 is 0 Å². The van der Waals surface area contributed by atoms with Gasteiger partial charge in [-0.15, -0.1) is 0 Å². The van der Waals surface area contributed by atoms with Gasteiger partial charge in [-0.3, -0.25) is 9.79 Å². The zero-order valence-corrected chi connectivity index (χ0v) is 4.16. The lowest BCUT2D eigenvalue weighted by Crippen LogP contribution is -1.66. The zero-order valence-electron chi connectivity index (χ0n) is 4.16. The summed E-state index contributed by atoms with van der Waals surface area (Å²) in [5.41, 5.74) is 0. The highest BCUT2D eigenvalue weighted by Crippen LogP contribution is 1.66. The molecule has 0 saturated heterocycles. The topological polar surface area (TPSA) is 29.4 Å².